The van der Waals surface area contributed by atoms with Crippen molar-refractivity contribution in [1.29, 1.82) is 0 Å². The van der Waals surface area contributed by atoms with E-state index < -0.39 is 12.0 Å². The van der Waals surface area contributed by atoms with Crippen molar-refractivity contribution in [3.63, 3.8) is 0 Å². The van der Waals surface area contributed by atoms with Crippen LogP contribution in [0.1, 0.15) is 11.6 Å². The van der Waals surface area contributed by atoms with Crippen LogP contribution in [0.3, 0.4) is 0 Å². The van der Waals surface area contributed by atoms with Crippen LogP contribution in [0.2, 0.25) is 0 Å². The Hall–Kier alpha value is -2.21. The molecule has 0 saturated heterocycles. The predicted octanol–water partition coefficient (Wildman–Crippen LogP) is 1.70. The van der Waals surface area contributed by atoms with Crippen LogP contribution in [0.5, 0.6) is 17.2 Å². The molecule has 0 bridgehead atoms. The van der Waals surface area contributed by atoms with Gasteiger partial charge in [0.15, 0.2) is 0 Å². The van der Waals surface area contributed by atoms with Gasteiger partial charge in [0, 0.05) is 18.7 Å². The average molecular weight is 295 g/mol. The van der Waals surface area contributed by atoms with Crippen molar-refractivity contribution >= 4 is 5.97 Å². The Balaban J connectivity index is 3.39. The minimum Gasteiger partial charge on any atom is -0.496 e. The molecule has 0 aromatic heterocycles. The highest BCUT2D eigenvalue weighted by Gasteiger charge is 2.28. The van der Waals surface area contributed by atoms with Gasteiger partial charge in [-0.25, -0.2) is 4.79 Å². The van der Waals surface area contributed by atoms with Crippen molar-refractivity contribution in [2.75, 3.05) is 35.0 Å². The molecule has 21 heavy (non-hydrogen) atoms. The fraction of sp³-hybridized carbons (Fsp3) is 0.400. The number of methoxy groups -OCH3 is 4. The van der Waals surface area contributed by atoms with E-state index in [1.165, 1.54) is 21.3 Å². The lowest BCUT2D eigenvalue weighted by Crippen LogP contribution is -2.30. The van der Waals surface area contributed by atoms with Gasteiger partial charge < -0.3 is 18.9 Å². The number of hydrogen-bond donors (Lipinski definition) is 1. The summed E-state index contributed by atoms with van der Waals surface area (Å²) in [5.74, 6) is 1.06. The Bertz CT molecular complexity index is 476. The lowest BCUT2D eigenvalue weighted by atomic mass is 10.0. The van der Waals surface area contributed by atoms with Gasteiger partial charge in [0.2, 0.25) is 0 Å². The molecule has 0 fully saturated rings. The fourth-order valence-corrected chi connectivity index (χ4v) is 1.94. The molecule has 0 radical (unpaired) electrons. The third-order valence-electron chi connectivity index (χ3n) is 2.95. The molecule has 1 unspecified atom stereocenters. The standard InChI is InChI=1S/C15H21NO5/c1-6-7-16-14(15(17)21-5)13-11(19-3)8-10(18-2)9-12(13)20-4/h6,8-9,14,16H,1,7H2,2-5H3. The number of hydrogen-bond acceptors (Lipinski definition) is 6. The number of ether oxygens (including phenoxy) is 4. The quantitative estimate of drug-likeness (QED) is 0.582. The highest BCUT2D eigenvalue weighted by molar-refractivity contribution is 5.80. The first-order valence-corrected chi connectivity index (χ1v) is 6.34. The van der Waals surface area contributed by atoms with E-state index in [1.54, 1.807) is 25.3 Å². The zero-order chi connectivity index (χ0) is 15.8. The van der Waals surface area contributed by atoms with Gasteiger partial charge in [0.25, 0.3) is 0 Å². The Morgan fingerprint density at radius 2 is 1.76 bits per heavy atom. The maximum Gasteiger partial charge on any atom is 0.327 e. The van der Waals surface area contributed by atoms with Gasteiger partial charge in [0.1, 0.15) is 23.3 Å². The smallest absolute Gasteiger partial charge is 0.327 e. The summed E-state index contributed by atoms with van der Waals surface area (Å²) in [7, 11) is 5.90. The molecule has 1 aromatic carbocycles. The first kappa shape index (κ1) is 16.8. The largest absolute Gasteiger partial charge is 0.496 e. The minimum absolute atomic E-state index is 0.429. The number of rotatable bonds is 8. The van der Waals surface area contributed by atoms with Crippen LogP contribution < -0.4 is 19.5 Å². The summed E-state index contributed by atoms with van der Waals surface area (Å²) in [6, 6.07) is 2.64. The maximum atomic E-state index is 12.0. The third kappa shape index (κ3) is 3.88. The number of carbonyl (C=O) groups excluding carboxylic acids is 1. The van der Waals surface area contributed by atoms with Gasteiger partial charge in [-0.05, 0) is 0 Å². The van der Waals surface area contributed by atoms with E-state index in [0.29, 0.717) is 29.4 Å². The predicted molar refractivity (Wildman–Crippen MR) is 79.1 cm³/mol. The van der Waals surface area contributed by atoms with E-state index in [-0.39, 0.29) is 0 Å². The van der Waals surface area contributed by atoms with E-state index in [2.05, 4.69) is 11.9 Å². The molecule has 1 N–H and O–H groups in total. The number of benzene rings is 1. The summed E-state index contributed by atoms with van der Waals surface area (Å²) in [4.78, 5) is 12.0. The molecule has 0 spiro atoms. The fourth-order valence-electron chi connectivity index (χ4n) is 1.94. The van der Waals surface area contributed by atoms with Crippen molar-refractivity contribution in [1.82, 2.24) is 5.32 Å². The van der Waals surface area contributed by atoms with Gasteiger partial charge in [-0.15, -0.1) is 6.58 Å². The molecular formula is C15H21NO5. The number of esters is 1. The summed E-state index contributed by atoms with van der Waals surface area (Å²) in [6.45, 7) is 4.06. The van der Waals surface area contributed by atoms with E-state index >= 15 is 0 Å². The van der Waals surface area contributed by atoms with Crippen LogP contribution in [0.4, 0.5) is 0 Å². The molecule has 0 aliphatic heterocycles. The van der Waals surface area contributed by atoms with Crippen molar-refractivity contribution in [3.05, 3.63) is 30.4 Å². The molecule has 0 heterocycles. The maximum absolute atomic E-state index is 12.0. The summed E-state index contributed by atoms with van der Waals surface area (Å²) in [6.07, 6.45) is 1.65. The molecule has 116 valence electrons. The summed E-state index contributed by atoms with van der Waals surface area (Å²) < 4.78 is 20.7. The van der Waals surface area contributed by atoms with Crippen molar-refractivity contribution in [2.24, 2.45) is 0 Å². The van der Waals surface area contributed by atoms with E-state index in [4.69, 9.17) is 18.9 Å². The second kappa shape index (κ2) is 8.16. The highest BCUT2D eigenvalue weighted by Crippen LogP contribution is 2.38. The summed E-state index contributed by atoms with van der Waals surface area (Å²) in [5, 5.41) is 3.03. The van der Waals surface area contributed by atoms with E-state index in [0.717, 1.165) is 0 Å². The van der Waals surface area contributed by atoms with Crippen LogP contribution in [0, 0.1) is 0 Å². The number of nitrogens with one attached hydrogen (secondary N) is 1. The first-order chi connectivity index (χ1) is 10.1. The zero-order valence-corrected chi connectivity index (χ0v) is 12.8. The molecule has 6 heteroatoms. The van der Waals surface area contributed by atoms with Gasteiger partial charge in [0.05, 0.1) is 34.0 Å². The highest BCUT2D eigenvalue weighted by atomic mass is 16.5. The molecule has 1 aromatic rings. The molecule has 6 nitrogen and oxygen atoms in total. The van der Waals surface area contributed by atoms with Gasteiger partial charge in [-0.2, -0.15) is 0 Å². The Labute approximate surface area is 124 Å². The van der Waals surface area contributed by atoms with Crippen LogP contribution in [-0.4, -0.2) is 41.0 Å². The van der Waals surface area contributed by atoms with Crippen LogP contribution in [-0.2, 0) is 9.53 Å². The monoisotopic (exact) mass is 295 g/mol. The van der Waals surface area contributed by atoms with Crippen LogP contribution >= 0.6 is 0 Å². The molecule has 0 amide bonds. The van der Waals surface area contributed by atoms with Crippen LogP contribution in [0.15, 0.2) is 24.8 Å². The third-order valence-corrected chi connectivity index (χ3v) is 2.95. The van der Waals surface area contributed by atoms with Crippen LogP contribution in [0.25, 0.3) is 0 Å². The Morgan fingerprint density at radius 3 is 2.14 bits per heavy atom. The van der Waals surface area contributed by atoms with Gasteiger partial charge in [-0.3, -0.25) is 5.32 Å². The van der Waals surface area contributed by atoms with Gasteiger partial charge >= 0.3 is 5.97 Å². The SMILES string of the molecule is C=CCNC(C(=O)OC)c1c(OC)cc(OC)cc1OC. The summed E-state index contributed by atoms with van der Waals surface area (Å²) >= 11 is 0. The van der Waals surface area contributed by atoms with Crippen molar-refractivity contribution < 1.29 is 23.7 Å². The number of carbonyl (C=O) groups is 1. The topological polar surface area (TPSA) is 66.0 Å². The Morgan fingerprint density at radius 1 is 1.19 bits per heavy atom. The average Bonchev–Trinajstić information content (AvgIpc) is 2.54. The minimum atomic E-state index is -0.733. The second-order valence-electron chi connectivity index (χ2n) is 4.10. The lowest BCUT2D eigenvalue weighted by Gasteiger charge is -2.21. The van der Waals surface area contributed by atoms with E-state index in [9.17, 15) is 4.79 Å². The molecular weight excluding hydrogens is 274 g/mol. The second-order valence-corrected chi connectivity index (χ2v) is 4.10. The molecule has 0 aliphatic carbocycles. The summed E-state index contributed by atoms with van der Waals surface area (Å²) in [5.41, 5.74) is 0.550. The van der Waals surface area contributed by atoms with Crippen molar-refractivity contribution in [3.8, 4) is 17.2 Å². The zero-order valence-electron chi connectivity index (χ0n) is 12.8. The van der Waals surface area contributed by atoms with E-state index in [1.807, 2.05) is 0 Å². The van der Waals surface area contributed by atoms with Crippen molar-refractivity contribution in [2.45, 2.75) is 6.04 Å². The Kier molecular flexibility index (Phi) is 6.55. The first-order valence-electron chi connectivity index (χ1n) is 6.34. The molecule has 0 saturated carbocycles. The molecule has 1 rings (SSSR count). The lowest BCUT2D eigenvalue weighted by molar-refractivity contribution is -0.143. The van der Waals surface area contributed by atoms with Gasteiger partial charge in [-0.1, -0.05) is 6.08 Å². The normalized spacial score (nSPS) is 11.4. The molecule has 0 aliphatic rings. The molecule has 1 atom stereocenters.